The van der Waals surface area contributed by atoms with Gasteiger partial charge in [0.25, 0.3) is 0 Å². The molecule has 1 rings (SSSR count). The fraction of sp³-hybridized carbons (Fsp3) is 0.909. The van der Waals surface area contributed by atoms with E-state index in [1.807, 2.05) is 0 Å². The van der Waals surface area contributed by atoms with Crippen molar-refractivity contribution in [3.63, 3.8) is 0 Å². The first-order valence-electron chi connectivity index (χ1n) is 5.57. The van der Waals surface area contributed by atoms with Crippen molar-refractivity contribution in [3.05, 3.63) is 0 Å². The van der Waals surface area contributed by atoms with Gasteiger partial charge in [-0.2, -0.15) is 5.26 Å². The van der Waals surface area contributed by atoms with Crippen LogP contribution in [-0.4, -0.2) is 49.1 Å². The molecule has 14 heavy (non-hydrogen) atoms. The Kier molecular flexibility index (Phi) is 4.92. The first-order valence-corrected chi connectivity index (χ1v) is 5.57. The zero-order chi connectivity index (χ0) is 10.4. The Morgan fingerprint density at radius 3 is 3.00 bits per heavy atom. The van der Waals surface area contributed by atoms with E-state index in [0.717, 1.165) is 6.54 Å². The van der Waals surface area contributed by atoms with Crippen LogP contribution >= 0.6 is 0 Å². The molecule has 0 aromatic rings. The first kappa shape index (κ1) is 11.5. The molecule has 0 saturated carbocycles. The Morgan fingerprint density at radius 2 is 2.36 bits per heavy atom. The van der Waals surface area contributed by atoms with E-state index in [0.29, 0.717) is 12.6 Å². The van der Waals surface area contributed by atoms with Gasteiger partial charge in [0.2, 0.25) is 0 Å². The van der Waals surface area contributed by atoms with Crippen LogP contribution in [-0.2, 0) is 0 Å². The lowest BCUT2D eigenvalue weighted by Crippen LogP contribution is -2.46. The maximum absolute atomic E-state index is 8.63. The van der Waals surface area contributed by atoms with Gasteiger partial charge in [-0.15, -0.1) is 0 Å². The third-order valence-corrected chi connectivity index (χ3v) is 2.96. The Labute approximate surface area is 87.3 Å². The Hall–Kier alpha value is -0.590. The number of nitrogens with zero attached hydrogens (tertiary/aromatic N) is 3. The number of likely N-dealkylation sites (tertiary alicyclic amines) is 1. The Balaban J connectivity index is 2.35. The molecule has 0 bridgehead atoms. The molecule has 80 valence electrons. The highest BCUT2D eigenvalue weighted by molar-refractivity contribution is 4.84. The molecule has 1 atom stereocenters. The normalized spacial score (nSPS) is 23.7. The monoisotopic (exact) mass is 195 g/mol. The van der Waals surface area contributed by atoms with Crippen LogP contribution in [0.3, 0.4) is 0 Å². The quantitative estimate of drug-likeness (QED) is 0.634. The predicted octanol–water partition coefficient (Wildman–Crippen LogP) is 1.32. The molecule has 1 unspecified atom stereocenters. The minimum atomic E-state index is 0.560. The summed E-state index contributed by atoms with van der Waals surface area (Å²) in [6.45, 7) is 6.38. The van der Waals surface area contributed by atoms with Crippen molar-refractivity contribution in [3.8, 4) is 6.07 Å². The van der Waals surface area contributed by atoms with Crippen LogP contribution in [0.15, 0.2) is 0 Å². The zero-order valence-corrected chi connectivity index (χ0v) is 9.37. The van der Waals surface area contributed by atoms with Gasteiger partial charge in [-0.25, -0.2) is 0 Å². The predicted molar refractivity (Wildman–Crippen MR) is 58.0 cm³/mol. The molecule has 0 radical (unpaired) electrons. The Bertz CT molecular complexity index is 195. The molecule has 3 nitrogen and oxygen atoms in total. The van der Waals surface area contributed by atoms with Gasteiger partial charge in [0.15, 0.2) is 0 Å². The lowest BCUT2D eigenvalue weighted by molar-refractivity contribution is 0.125. The minimum absolute atomic E-state index is 0.560. The summed E-state index contributed by atoms with van der Waals surface area (Å²) >= 11 is 0. The molecule has 1 aliphatic rings. The number of nitriles is 1. The summed E-state index contributed by atoms with van der Waals surface area (Å²) in [4.78, 5) is 4.70. The molecule has 1 fully saturated rings. The smallest absolute Gasteiger partial charge is 0.0866 e. The molecular formula is C11H21N3. The van der Waals surface area contributed by atoms with E-state index in [-0.39, 0.29) is 0 Å². The number of likely N-dealkylation sites (N-methyl/N-ethyl adjacent to an activating group) is 1. The van der Waals surface area contributed by atoms with E-state index in [2.05, 4.69) is 29.8 Å². The molecule has 1 heterocycles. The maximum Gasteiger partial charge on any atom is 0.0866 e. The minimum Gasteiger partial charge on any atom is -0.302 e. The molecule has 1 saturated heterocycles. The van der Waals surface area contributed by atoms with Crippen LogP contribution in [0.2, 0.25) is 0 Å². The Morgan fingerprint density at radius 1 is 1.57 bits per heavy atom. The van der Waals surface area contributed by atoms with Gasteiger partial charge in [-0.05, 0) is 39.4 Å². The van der Waals surface area contributed by atoms with E-state index in [4.69, 9.17) is 5.26 Å². The fourth-order valence-electron chi connectivity index (χ4n) is 2.15. The number of piperidine rings is 1. The first-order chi connectivity index (χ1) is 6.77. The van der Waals surface area contributed by atoms with E-state index in [1.165, 1.54) is 32.4 Å². The summed E-state index contributed by atoms with van der Waals surface area (Å²) < 4.78 is 0. The number of hydrogen-bond acceptors (Lipinski definition) is 3. The molecule has 0 amide bonds. The number of rotatable bonds is 4. The van der Waals surface area contributed by atoms with E-state index >= 15 is 0 Å². The molecule has 0 aliphatic carbocycles. The van der Waals surface area contributed by atoms with E-state index in [9.17, 15) is 0 Å². The van der Waals surface area contributed by atoms with Gasteiger partial charge < -0.3 is 4.90 Å². The van der Waals surface area contributed by atoms with Gasteiger partial charge in [0.1, 0.15) is 0 Å². The van der Waals surface area contributed by atoms with Crippen molar-refractivity contribution >= 4 is 0 Å². The number of hydrogen-bond donors (Lipinski definition) is 0. The van der Waals surface area contributed by atoms with Gasteiger partial charge in [0.05, 0.1) is 12.6 Å². The summed E-state index contributed by atoms with van der Waals surface area (Å²) in [6.07, 6.45) is 3.76. The van der Waals surface area contributed by atoms with Crippen LogP contribution in [0.1, 0.15) is 26.2 Å². The highest BCUT2D eigenvalue weighted by Gasteiger charge is 2.21. The SMILES string of the molecule is CCCN1CCCC(N(C)CC#N)C1. The lowest BCUT2D eigenvalue weighted by Gasteiger charge is -2.36. The van der Waals surface area contributed by atoms with Gasteiger partial charge >= 0.3 is 0 Å². The maximum atomic E-state index is 8.63. The molecular weight excluding hydrogens is 174 g/mol. The third kappa shape index (κ3) is 3.28. The van der Waals surface area contributed by atoms with Gasteiger partial charge in [-0.3, -0.25) is 4.90 Å². The van der Waals surface area contributed by atoms with E-state index in [1.54, 1.807) is 0 Å². The van der Waals surface area contributed by atoms with Crippen LogP contribution < -0.4 is 0 Å². The van der Waals surface area contributed by atoms with Crippen molar-refractivity contribution in [2.45, 2.75) is 32.2 Å². The molecule has 1 aliphatic heterocycles. The third-order valence-electron chi connectivity index (χ3n) is 2.96. The van der Waals surface area contributed by atoms with Crippen LogP contribution in [0, 0.1) is 11.3 Å². The fourth-order valence-corrected chi connectivity index (χ4v) is 2.15. The van der Waals surface area contributed by atoms with Crippen molar-refractivity contribution in [1.29, 1.82) is 5.26 Å². The largest absolute Gasteiger partial charge is 0.302 e. The van der Waals surface area contributed by atoms with Crippen LogP contribution in [0.25, 0.3) is 0 Å². The standard InChI is InChI=1S/C11H21N3/c1-3-7-14-8-4-5-11(10-14)13(2)9-6-12/h11H,3-5,7-10H2,1-2H3. The second kappa shape index (κ2) is 6.00. The van der Waals surface area contributed by atoms with Crippen molar-refractivity contribution in [1.82, 2.24) is 9.80 Å². The van der Waals surface area contributed by atoms with Crippen molar-refractivity contribution < 1.29 is 0 Å². The lowest BCUT2D eigenvalue weighted by atomic mass is 10.0. The van der Waals surface area contributed by atoms with Crippen LogP contribution in [0.4, 0.5) is 0 Å². The zero-order valence-electron chi connectivity index (χ0n) is 9.37. The van der Waals surface area contributed by atoms with Crippen molar-refractivity contribution in [2.24, 2.45) is 0 Å². The summed E-state index contributed by atoms with van der Waals surface area (Å²) in [7, 11) is 2.06. The molecule has 3 heteroatoms. The van der Waals surface area contributed by atoms with E-state index < -0.39 is 0 Å². The molecule has 0 N–H and O–H groups in total. The van der Waals surface area contributed by atoms with Crippen molar-refractivity contribution in [2.75, 3.05) is 33.2 Å². The van der Waals surface area contributed by atoms with Crippen LogP contribution in [0.5, 0.6) is 0 Å². The second-order valence-corrected chi connectivity index (χ2v) is 4.17. The molecule has 0 spiro atoms. The molecule has 0 aromatic carbocycles. The highest BCUT2D eigenvalue weighted by Crippen LogP contribution is 2.14. The van der Waals surface area contributed by atoms with Gasteiger partial charge in [0, 0.05) is 12.6 Å². The van der Waals surface area contributed by atoms with Gasteiger partial charge in [-0.1, -0.05) is 6.92 Å². The summed E-state index contributed by atoms with van der Waals surface area (Å²) in [5.74, 6) is 0. The summed E-state index contributed by atoms with van der Waals surface area (Å²) in [5, 5.41) is 8.63. The topological polar surface area (TPSA) is 30.3 Å². The second-order valence-electron chi connectivity index (χ2n) is 4.17. The summed E-state index contributed by atoms with van der Waals surface area (Å²) in [5.41, 5.74) is 0. The average Bonchev–Trinajstić information content (AvgIpc) is 2.19. The average molecular weight is 195 g/mol. The molecule has 0 aromatic heterocycles. The summed E-state index contributed by atoms with van der Waals surface area (Å²) in [6, 6.07) is 2.81. The highest BCUT2D eigenvalue weighted by atomic mass is 15.2.